The van der Waals surface area contributed by atoms with Crippen LogP contribution in [0.5, 0.6) is 6.01 Å². The first kappa shape index (κ1) is 27.1. The van der Waals surface area contributed by atoms with E-state index in [2.05, 4.69) is 25.9 Å². The molecule has 0 bridgehead atoms. The second kappa shape index (κ2) is 11.4. The van der Waals surface area contributed by atoms with Gasteiger partial charge in [0.15, 0.2) is 5.82 Å². The highest BCUT2D eigenvalue weighted by molar-refractivity contribution is 6.44. The van der Waals surface area contributed by atoms with Crippen molar-refractivity contribution in [3.8, 4) is 29.6 Å². The van der Waals surface area contributed by atoms with Gasteiger partial charge in [0.1, 0.15) is 22.1 Å². The Morgan fingerprint density at radius 3 is 2.55 bits per heavy atom. The molecule has 1 amide bonds. The topological polar surface area (TPSA) is 84.3 Å². The number of anilines is 1. The maximum absolute atomic E-state index is 16.3. The molecule has 0 saturated carbocycles. The summed E-state index contributed by atoms with van der Waals surface area (Å²) in [5.74, 6) is 2.27. The molecule has 2 aromatic carbocycles. The van der Waals surface area contributed by atoms with Gasteiger partial charge in [-0.05, 0) is 29.7 Å². The number of nitrogens with zero attached hydrogens (tertiary/aromatic N) is 6. The molecule has 4 heterocycles. The highest BCUT2D eigenvalue weighted by Crippen LogP contribution is 2.36. The number of fused-ring (bicyclic) bond motifs is 2. The van der Waals surface area contributed by atoms with Gasteiger partial charge in [-0.15, -0.1) is 6.42 Å². The van der Waals surface area contributed by atoms with E-state index in [1.807, 2.05) is 41.3 Å². The van der Waals surface area contributed by atoms with E-state index in [0.29, 0.717) is 54.2 Å². The molecule has 1 aliphatic rings. The van der Waals surface area contributed by atoms with E-state index < -0.39 is 5.82 Å². The largest absolute Gasteiger partial charge is 0.467 e. The molecule has 0 atom stereocenters. The van der Waals surface area contributed by atoms with E-state index in [4.69, 9.17) is 22.8 Å². The summed E-state index contributed by atoms with van der Waals surface area (Å²) in [6.45, 7) is 1.65. The molecule has 42 heavy (non-hydrogen) atoms. The maximum atomic E-state index is 16.3. The lowest BCUT2D eigenvalue weighted by Gasteiger charge is -2.35. The van der Waals surface area contributed by atoms with Gasteiger partial charge in [-0.1, -0.05) is 53.9 Å². The van der Waals surface area contributed by atoms with E-state index in [-0.39, 0.29) is 28.2 Å². The van der Waals surface area contributed by atoms with Crippen molar-refractivity contribution in [2.75, 3.05) is 38.2 Å². The Hall–Kier alpha value is -5.07. The molecule has 0 radical (unpaired) electrons. The van der Waals surface area contributed by atoms with Gasteiger partial charge in [0.2, 0.25) is 0 Å². The third-order valence-corrected chi connectivity index (χ3v) is 7.45. The first-order valence-corrected chi connectivity index (χ1v) is 13.6. The zero-order valence-corrected chi connectivity index (χ0v) is 23.3. The molecule has 3 aromatic heterocycles. The Morgan fingerprint density at radius 2 is 1.83 bits per heavy atom. The van der Waals surface area contributed by atoms with Crippen molar-refractivity contribution in [3.63, 3.8) is 0 Å². The maximum Gasteiger partial charge on any atom is 0.318 e. The summed E-state index contributed by atoms with van der Waals surface area (Å²) in [5, 5.41) is 2.14. The van der Waals surface area contributed by atoms with Crippen LogP contribution in [-0.4, -0.2) is 64.0 Å². The average molecular weight is 579 g/mol. The summed E-state index contributed by atoms with van der Waals surface area (Å²) in [4.78, 5) is 34.2. The minimum Gasteiger partial charge on any atom is -0.467 e. The Kier molecular flexibility index (Phi) is 7.38. The van der Waals surface area contributed by atoms with Crippen molar-refractivity contribution < 1.29 is 13.9 Å². The zero-order chi connectivity index (χ0) is 29.2. The van der Waals surface area contributed by atoms with Gasteiger partial charge in [0.25, 0.3) is 5.91 Å². The third-order valence-electron chi connectivity index (χ3n) is 7.17. The number of hydrogen-bond donors (Lipinski definition) is 0. The Bertz CT molecular complexity index is 1890. The van der Waals surface area contributed by atoms with Crippen LogP contribution in [0.3, 0.4) is 0 Å². The highest BCUT2D eigenvalue weighted by atomic mass is 35.5. The zero-order valence-electron chi connectivity index (χ0n) is 22.6. The fourth-order valence-electron chi connectivity index (χ4n) is 5.13. The summed E-state index contributed by atoms with van der Waals surface area (Å²) in [6, 6.07) is 16.6. The van der Waals surface area contributed by atoms with Gasteiger partial charge >= 0.3 is 6.01 Å². The van der Waals surface area contributed by atoms with E-state index in [0.717, 1.165) is 10.8 Å². The van der Waals surface area contributed by atoms with Crippen LogP contribution in [-0.2, 0) is 4.79 Å². The van der Waals surface area contributed by atoms with Crippen molar-refractivity contribution in [1.29, 1.82) is 0 Å². The standard InChI is InChI=1S/C32H24ClFN6O2/c1-3-20-8-6-9-21-10-7-12-23(26(20)21)28-27(34)29-24(19-36-28)30(38-32(37-29)42-2)39-14-16-40(17-15-39)31(41)25(33)18-22-11-4-5-13-35-22/h1,4-13,18-19H,14-17H2,2H3/b25-18-. The summed E-state index contributed by atoms with van der Waals surface area (Å²) in [5.41, 5.74) is 2.03. The van der Waals surface area contributed by atoms with Crippen molar-refractivity contribution in [3.05, 3.63) is 89.1 Å². The predicted molar refractivity (Wildman–Crippen MR) is 162 cm³/mol. The van der Waals surface area contributed by atoms with Crippen LogP contribution >= 0.6 is 11.6 Å². The van der Waals surface area contributed by atoms with E-state index in [9.17, 15) is 4.79 Å². The molecule has 1 saturated heterocycles. The molecule has 0 N–H and O–H groups in total. The second-order valence-electron chi connectivity index (χ2n) is 9.60. The van der Waals surface area contributed by atoms with Crippen LogP contribution in [0.25, 0.3) is 39.0 Å². The number of aromatic nitrogens is 4. The number of methoxy groups -OCH3 is 1. The van der Waals surface area contributed by atoms with Gasteiger partial charge in [-0.3, -0.25) is 14.8 Å². The van der Waals surface area contributed by atoms with Gasteiger partial charge in [0, 0.05) is 55.1 Å². The molecule has 10 heteroatoms. The number of hydrogen-bond acceptors (Lipinski definition) is 7. The minimum absolute atomic E-state index is 0.0237. The van der Waals surface area contributed by atoms with Crippen LogP contribution in [0.15, 0.2) is 72.0 Å². The third kappa shape index (κ3) is 4.97. The molecule has 0 aliphatic carbocycles. The van der Waals surface area contributed by atoms with Crippen molar-refractivity contribution in [2.24, 2.45) is 0 Å². The lowest BCUT2D eigenvalue weighted by molar-refractivity contribution is -0.126. The molecule has 5 aromatic rings. The predicted octanol–water partition coefficient (Wildman–Crippen LogP) is 5.30. The number of carbonyl (C=O) groups excluding carboxylic acids is 1. The number of terminal acetylenes is 1. The molecule has 0 unspecified atom stereocenters. The summed E-state index contributed by atoms with van der Waals surface area (Å²) < 4.78 is 21.6. The van der Waals surface area contributed by atoms with Crippen molar-refractivity contribution >= 4 is 51.1 Å². The van der Waals surface area contributed by atoms with Gasteiger partial charge in [0.05, 0.1) is 18.2 Å². The normalized spacial score (nSPS) is 13.8. The first-order chi connectivity index (χ1) is 20.5. The highest BCUT2D eigenvalue weighted by Gasteiger charge is 2.27. The van der Waals surface area contributed by atoms with E-state index in [1.165, 1.54) is 7.11 Å². The Labute approximate surface area is 246 Å². The van der Waals surface area contributed by atoms with Crippen molar-refractivity contribution in [2.45, 2.75) is 0 Å². The summed E-state index contributed by atoms with van der Waals surface area (Å²) in [6.07, 6.45) is 10.5. The fourth-order valence-corrected chi connectivity index (χ4v) is 5.36. The number of piperazine rings is 1. The molecule has 0 spiro atoms. The number of rotatable bonds is 5. The van der Waals surface area contributed by atoms with Crippen LogP contribution in [0.1, 0.15) is 11.3 Å². The first-order valence-electron chi connectivity index (χ1n) is 13.2. The molecule has 208 valence electrons. The number of pyridine rings is 2. The SMILES string of the molecule is C#Cc1cccc2cccc(-c3ncc4c(N5CCN(C(=O)/C(Cl)=C/c6ccccn6)CC5)nc(OC)nc4c3F)c12. The molecule has 6 rings (SSSR count). The van der Waals surface area contributed by atoms with Crippen LogP contribution < -0.4 is 9.64 Å². The summed E-state index contributed by atoms with van der Waals surface area (Å²) in [7, 11) is 1.43. The van der Waals surface area contributed by atoms with E-state index >= 15 is 4.39 Å². The average Bonchev–Trinajstić information content (AvgIpc) is 3.04. The molecular formula is C32H24ClFN6O2. The van der Waals surface area contributed by atoms with Gasteiger partial charge in [-0.25, -0.2) is 4.39 Å². The van der Waals surface area contributed by atoms with E-state index in [1.54, 1.807) is 41.6 Å². The lowest BCUT2D eigenvalue weighted by Crippen LogP contribution is -2.49. The number of benzene rings is 2. The van der Waals surface area contributed by atoms with Gasteiger partial charge < -0.3 is 14.5 Å². The Balaban J connectivity index is 1.33. The van der Waals surface area contributed by atoms with Crippen LogP contribution in [0.2, 0.25) is 0 Å². The number of amides is 1. The minimum atomic E-state index is -0.603. The second-order valence-corrected chi connectivity index (χ2v) is 10.0. The number of carbonyl (C=O) groups is 1. The molecule has 1 aliphatic heterocycles. The van der Waals surface area contributed by atoms with Gasteiger partial charge in [-0.2, -0.15) is 9.97 Å². The summed E-state index contributed by atoms with van der Waals surface area (Å²) >= 11 is 6.33. The molecule has 8 nitrogen and oxygen atoms in total. The Morgan fingerprint density at radius 1 is 1.05 bits per heavy atom. The van der Waals surface area contributed by atoms with Crippen molar-refractivity contribution in [1.82, 2.24) is 24.8 Å². The quantitative estimate of drug-likeness (QED) is 0.207. The fraction of sp³-hybridized carbons (Fsp3) is 0.156. The molecular weight excluding hydrogens is 555 g/mol. The monoisotopic (exact) mass is 578 g/mol. The smallest absolute Gasteiger partial charge is 0.318 e. The van der Waals surface area contributed by atoms with Crippen LogP contribution in [0, 0.1) is 18.2 Å². The van der Waals surface area contributed by atoms with Crippen LogP contribution in [0.4, 0.5) is 10.2 Å². The lowest BCUT2D eigenvalue weighted by atomic mass is 9.97. The number of ether oxygens (including phenoxy) is 1. The molecule has 1 fully saturated rings. The number of halogens is 2.